The van der Waals surface area contributed by atoms with Gasteiger partial charge < -0.3 is 19.2 Å². The summed E-state index contributed by atoms with van der Waals surface area (Å²) in [7, 11) is 1.43. The Morgan fingerprint density at radius 3 is 2.76 bits per heavy atom. The summed E-state index contributed by atoms with van der Waals surface area (Å²) < 4.78 is 11.1. The predicted molar refractivity (Wildman–Crippen MR) is 110 cm³/mol. The highest BCUT2D eigenvalue weighted by Gasteiger charge is 2.42. The van der Waals surface area contributed by atoms with Crippen LogP contribution < -0.4 is 10.2 Å². The van der Waals surface area contributed by atoms with Crippen LogP contribution in [0.5, 0.6) is 11.5 Å². The number of phenolic OH excluding ortho intramolecular Hbond substituents is 1. The van der Waals surface area contributed by atoms with Gasteiger partial charge >= 0.3 is 0 Å². The minimum absolute atomic E-state index is 0.00288. The Morgan fingerprint density at radius 1 is 1.31 bits per heavy atom. The van der Waals surface area contributed by atoms with Gasteiger partial charge in [0.1, 0.15) is 5.58 Å². The number of rotatable bonds is 4. The Bertz CT molecular complexity index is 1230. The molecule has 0 spiro atoms. The first-order valence-electron chi connectivity index (χ1n) is 8.93. The quantitative estimate of drug-likeness (QED) is 0.651. The Hall–Kier alpha value is -3.25. The van der Waals surface area contributed by atoms with Gasteiger partial charge in [0.05, 0.1) is 24.1 Å². The second-order valence-corrected chi connectivity index (χ2v) is 7.26. The molecule has 7 heteroatoms. The number of aromatic hydroxyl groups is 1. The molecule has 1 aromatic heterocycles. The Balaban J connectivity index is 2.03. The second kappa shape index (κ2) is 6.97. The number of benzene rings is 2. The molecular formula is C22H18ClNO5. The standard InChI is InChI=1S/C22H18ClNO5/c1-4-7-24-19(12-5-6-15(25)17(9-12)28-3)18-20(26)13-10-14(23)11(2)8-16(13)29-21(18)22(24)27/h4-6,8-10,19,25H,1,7H2,2-3H3/t19-/m0/s1. The summed E-state index contributed by atoms with van der Waals surface area (Å²) in [4.78, 5) is 28.0. The van der Waals surface area contributed by atoms with Crippen LogP contribution in [0.3, 0.4) is 0 Å². The number of hydrogen-bond donors (Lipinski definition) is 1. The summed E-state index contributed by atoms with van der Waals surface area (Å²) in [5, 5.41) is 10.7. The number of fused-ring (bicyclic) bond motifs is 2. The van der Waals surface area contributed by atoms with Crippen LogP contribution in [0.4, 0.5) is 0 Å². The van der Waals surface area contributed by atoms with E-state index in [4.69, 9.17) is 20.8 Å². The van der Waals surface area contributed by atoms with E-state index in [9.17, 15) is 14.7 Å². The van der Waals surface area contributed by atoms with Gasteiger partial charge in [0.15, 0.2) is 16.9 Å². The van der Waals surface area contributed by atoms with Crippen LogP contribution in [0.2, 0.25) is 5.02 Å². The van der Waals surface area contributed by atoms with Gasteiger partial charge in [-0.15, -0.1) is 6.58 Å². The number of aryl methyl sites for hydroxylation is 1. The Morgan fingerprint density at radius 2 is 2.07 bits per heavy atom. The molecule has 1 amide bonds. The van der Waals surface area contributed by atoms with Crippen LogP contribution in [0, 0.1) is 6.92 Å². The van der Waals surface area contributed by atoms with Crippen LogP contribution in [0.1, 0.15) is 33.3 Å². The number of ether oxygens (including phenoxy) is 1. The third kappa shape index (κ3) is 2.87. The molecule has 0 saturated heterocycles. The van der Waals surface area contributed by atoms with Crippen molar-refractivity contribution in [2.45, 2.75) is 13.0 Å². The molecule has 0 radical (unpaired) electrons. The van der Waals surface area contributed by atoms with E-state index in [-0.39, 0.29) is 34.8 Å². The molecule has 0 unspecified atom stereocenters. The van der Waals surface area contributed by atoms with Crippen molar-refractivity contribution in [2.24, 2.45) is 0 Å². The lowest BCUT2D eigenvalue weighted by Gasteiger charge is -2.24. The van der Waals surface area contributed by atoms with E-state index in [0.717, 1.165) is 5.56 Å². The summed E-state index contributed by atoms with van der Waals surface area (Å²) in [6.45, 7) is 5.73. The third-order valence-corrected chi connectivity index (χ3v) is 5.50. The van der Waals surface area contributed by atoms with Gasteiger partial charge in [-0.1, -0.05) is 23.7 Å². The lowest BCUT2D eigenvalue weighted by atomic mass is 9.98. The number of carbonyl (C=O) groups excluding carboxylic acids is 1. The molecule has 1 N–H and O–H groups in total. The summed E-state index contributed by atoms with van der Waals surface area (Å²) in [6, 6.07) is 7.22. The maximum atomic E-state index is 13.4. The maximum Gasteiger partial charge on any atom is 0.291 e. The van der Waals surface area contributed by atoms with Gasteiger partial charge in [-0.05, 0) is 42.3 Å². The third-order valence-electron chi connectivity index (χ3n) is 5.09. The highest BCUT2D eigenvalue weighted by molar-refractivity contribution is 6.32. The first kappa shape index (κ1) is 19.1. The number of nitrogens with zero attached hydrogens (tertiary/aromatic N) is 1. The summed E-state index contributed by atoms with van der Waals surface area (Å²) in [5.74, 6) is -0.193. The molecule has 3 aromatic rings. The molecule has 29 heavy (non-hydrogen) atoms. The Labute approximate surface area is 171 Å². The molecule has 0 bridgehead atoms. The van der Waals surface area contributed by atoms with Gasteiger partial charge in [-0.2, -0.15) is 0 Å². The molecule has 1 aliphatic rings. The smallest absolute Gasteiger partial charge is 0.291 e. The summed E-state index contributed by atoms with van der Waals surface area (Å²) >= 11 is 6.21. The van der Waals surface area contributed by atoms with Crippen LogP contribution in [-0.2, 0) is 0 Å². The molecule has 2 heterocycles. The number of halogens is 1. The van der Waals surface area contributed by atoms with Crippen LogP contribution in [-0.4, -0.2) is 29.6 Å². The fourth-order valence-electron chi connectivity index (χ4n) is 3.68. The fourth-order valence-corrected chi connectivity index (χ4v) is 3.84. The van der Waals surface area contributed by atoms with E-state index >= 15 is 0 Å². The zero-order valence-electron chi connectivity index (χ0n) is 15.9. The lowest BCUT2D eigenvalue weighted by molar-refractivity contribution is 0.0748. The first-order valence-corrected chi connectivity index (χ1v) is 9.30. The molecule has 1 atom stereocenters. The highest BCUT2D eigenvalue weighted by atomic mass is 35.5. The average molecular weight is 412 g/mol. The second-order valence-electron chi connectivity index (χ2n) is 6.85. The Kier molecular flexibility index (Phi) is 4.59. The molecule has 0 saturated carbocycles. The molecule has 1 aliphatic heterocycles. The van der Waals surface area contributed by atoms with E-state index in [0.29, 0.717) is 21.6 Å². The highest BCUT2D eigenvalue weighted by Crippen LogP contribution is 2.40. The van der Waals surface area contributed by atoms with E-state index in [1.165, 1.54) is 18.1 Å². The lowest BCUT2D eigenvalue weighted by Crippen LogP contribution is -2.29. The number of hydrogen-bond acceptors (Lipinski definition) is 5. The topological polar surface area (TPSA) is 80.0 Å². The maximum absolute atomic E-state index is 13.4. The van der Waals surface area contributed by atoms with E-state index in [1.807, 2.05) is 0 Å². The molecule has 2 aromatic carbocycles. The number of methoxy groups -OCH3 is 1. The van der Waals surface area contributed by atoms with Crippen LogP contribution in [0.25, 0.3) is 11.0 Å². The van der Waals surface area contributed by atoms with Gasteiger partial charge in [-0.25, -0.2) is 0 Å². The van der Waals surface area contributed by atoms with Crippen LogP contribution in [0.15, 0.2) is 52.2 Å². The molecular weight excluding hydrogens is 394 g/mol. The van der Waals surface area contributed by atoms with Crippen molar-refractivity contribution in [2.75, 3.05) is 13.7 Å². The largest absolute Gasteiger partial charge is 0.504 e. The average Bonchev–Trinajstić information content (AvgIpc) is 2.97. The number of carbonyl (C=O) groups is 1. The van der Waals surface area contributed by atoms with Crippen molar-refractivity contribution in [1.82, 2.24) is 4.90 Å². The zero-order valence-corrected chi connectivity index (χ0v) is 16.6. The van der Waals surface area contributed by atoms with Crippen molar-refractivity contribution in [3.63, 3.8) is 0 Å². The molecule has 4 rings (SSSR count). The van der Waals surface area contributed by atoms with Gasteiger partial charge in [0.25, 0.3) is 5.91 Å². The zero-order chi connectivity index (χ0) is 20.9. The monoisotopic (exact) mass is 411 g/mol. The molecule has 148 valence electrons. The van der Waals surface area contributed by atoms with Crippen molar-refractivity contribution in [3.05, 3.63) is 80.7 Å². The van der Waals surface area contributed by atoms with Gasteiger partial charge in [0.2, 0.25) is 5.76 Å². The van der Waals surface area contributed by atoms with E-state index in [2.05, 4.69) is 6.58 Å². The summed E-state index contributed by atoms with van der Waals surface area (Å²) in [5.41, 5.74) is 1.58. The van der Waals surface area contributed by atoms with Crippen molar-refractivity contribution in [1.29, 1.82) is 0 Å². The SMILES string of the molecule is C=CCN1C(=O)c2oc3cc(C)c(Cl)cc3c(=O)c2[C@@H]1c1ccc(O)c(OC)c1. The van der Waals surface area contributed by atoms with Crippen molar-refractivity contribution >= 4 is 28.5 Å². The number of amides is 1. The molecule has 6 nitrogen and oxygen atoms in total. The first-order chi connectivity index (χ1) is 13.9. The van der Waals surface area contributed by atoms with Crippen molar-refractivity contribution < 1.29 is 19.1 Å². The fraction of sp³-hybridized carbons (Fsp3) is 0.182. The normalized spacial score (nSPS) is 15.6. The molecule has 0 aliphatic carbocycles. The molecule has 0 fully saturated rings. The minimum Gasteiger partial charge on any atom is -0.504 e. The van der Waals surface area contributed by atoms with Crippen LogP contribution >= 0.6 is 11.6 Å². The minimum atomic E-state index is -0.703. The van der Waals surface area contributed by atoms with E-state index in [1.54, 1.807) is 37.3 Å². The summed E-state index contributed by atoms with van der Waals surface area (Å²) in [6.07, 6.45) is 1.58. The van der Waals surface area contributed by atoms with Crippen molar-refractivity contribution in [3.8, 4) is 11.5 Å². The predicted octanol–water partition coefficient (Wildman–Crippen LogP) is 4.20. The van der Waals surface area contributed by atoms with Gasteiger partial charge in [-0.3, -0.25) is 9.59 Å². The van der Waals surface area contributed by atoms with E-state index < -0.39 is 11.9 Å². The number of phenols is 1. The van der Waals surface area contributed by atoms with Gasteiger partial charge in [0, 0.05) is 11.6 Å².